The lowest BCUT2D eigenvalue weighted by atomic mass is 10.1. The van der Waals surface area contributed by atoms with Gasteiger partial charge in [0.2, 0.25) is 5.91 Å². The van der Waals surface area contributed by atoms with Crippen LogP contribution in [0.4, 0.5) is 5.13 Å². The zero-order valence-corrected chi connectivity index (χ0v) is 15.9. The highest BCUT2D eigenvalue weighted by molar-refractivity contribution is 7.17. The Hall–Kier alpha value is -1.44. The number of aromatic nitrogens is 1. The number of nitrogens with one attached hydrogen (secondary N) is 1. The zero-order chi connectivity index (χ0) is 17.2. The maximum Gasteiger partial charge on any atom is 0.227 e. The van der Waals surface area contributed by atoms with E-state index in [1.54, 1.807) is 22.7 Å². The molecule has 1 N–H and O–H groups in total. The Bertz CT molecular complexity index is 697. The number of thiazole rings is 1. The fraction of sp³-hybridized carbons (Fsp3) is 0.529. The van der Waals surface area contributed by atoms with Gasteiger partial charge in [-0.2, -0.15) is 0 Å². The van der Waals surface area contributed by atoms with E-state index in [1.165, 1.54) is 0 Å². The van der Waals surface area contributed by atoms with Crippen LogP contribution in [0.1, 0.15) is 25.6 Å². The number of carbonyl (C=O) groups excluding carboxylic acids is 1. The third-order valence-corrected chi connectivity index (χ3v) is 5.45. The van der Waals surface area contributed by atoms with Crippen molar-refractivity contribution in [3.63, 3.8) is 0 Å². The van der Waals surface area contributed by atoms with Crippen molar-refractivity contribution in [3.8, 4) is 10.6 Å². The van der Waals surface area contributed by atoms with Gasteiger partial charge in [-0.1, -0.05) is 0 Å². The SMILES string of the molecule is CC(C)(C)Nc1nc(-c2ccc(CC(=O)N3CCOCC3)s2)cs1. The summed E-state index contributed by atoms with van der Waals surface area (Å²) in [6.07, 6.45) is 0.460. The van der Waals surface area contributed by atoms with Gasteiger partial charge in [-0.15, -0.1) is 22.7 Å². The van der Waals surface area contributed by atoms with Crippen LogP contribution in [0.2, 0.25) is 0 Å². The molecule has 0 aliphatic carbocycles. The van der Waals surface area contributed by atoms with E-state index < -0.39 is 0 Å². The maximum absolute atomic E-state index is 12.3. The second-order valence-electron chi connectivity index (χ2n) is 6.85. The summed E-state index contributed by atoms with van der Waals surface area (Å²) in [6, 6.07) is 4.09. The largest absolute Gasteiger partial charge is 0.378 e. The Balaban J connectivity index is 1.64. The molecule has 3 heterocycles. The van der Waals surface area contributed by atoms with Gasteiger partial charge >= 0.3 is 0 Å². The molecule has 0 spiro atoms. The highest BCUT2D eigenvalue weighted by atomic mass is 32.1. The third kappa shape index (κ3) is 4.55. The molecule has 1 amide bonds. The predicted molar refractivity (Wildman–Crippen MR) is 99.9 cm³/mol. The van der Waals surface area contributed by atoms with E-state index in [0.29, 0.717) is 32.7 Å². The van der Waals surface area contributed by atoms with Gasteiger partial charge in [-0.25, -0.2) is 4.98 Å². The number of thiophene rings is 1. The Kier molecular flexibility index (Phi) is 5.22. The molecule has 130 valence electrons. The van der Waals surface area contributed by atoms with E-state index in [1.807, 2.05) is 11.0 Å². The quantitative estimate of drug-likeness (QED) is 0.901. The molecule has 2 aromatic heterocycles. The van der Waals surface area contributed by atoms with Crippen LogP contribution < -0.4 is 5.32 Å². The molecule has 0 aromatic carbocycles. The molecular formula is C17H23N3O2S2. The molecule has 3 rings (SSSR count). The highest BCUT2D eigenvalue weighted by Gasteiger charge is 2.18. The third-order valence-electron chi connectivity index (χ3n) is 3.59. The van der Waals surface area contributed by atoms with Crippen LogP contribution in [0.5, 0.6) is 0 Å². The average molecular weight is 366 g/mol. The molecule has 0 unspecified atom stereocenters. The molecular weight excluding hydrogens is 342 g/mol. The van der Waals surface area contributed by atoms with Crippen molar-refractivity contribution in [1.82, 2.24) is 9.88 Å². The van der Waals surface area contributed by atoms with Gasteiger partial charge in [0.15, 0.2) is 5.13 Å². The van der Waals surface area contributed by atoms with Gasteiger partial charge in [0.1, 0.15) is 0 Å². The first-order chi connectivity index (χ1) is 11.4. The first-order valence-electron chi connectivity index (χ1n) is 8.09. The minimum Gasteiger partial charge on any atom is -0.378 e. The van der Waals surface area contributed by atoms with Crippen LogP contribution in [0.15, 0.2) is 17.5 Å². The number of amides is 1. The van der Waals surface area contributed by atoms with Crippen LogP contribution in [0.25, 0.3) is 10.6 Å². The first-order valence-corrected chi connectivity index (χ1v) is 9.79. The van der Waals surface area contributed by atoms with E-state index in [0.717, 1.165) is 20.6 Å². The van der Waals surface area contributed by atoms with E-state index in [4.69, 9.17) is 4.74 Å². The van der Waals surface area contributed by atoms with Gasteiger partial charge in [-0.3, -0.25) is 4.79 Å². The number of morpholine rings is 1. The number of nitrogens with zero attached hydrogens (tertiary/aromatic N) is 2. The van der Waals surface area contributed by atoms with Gasteiger partial charge in [0.05, 0.1) is 30.2 Å². The summed E-state index contributed by atoms with van der Waals surface area (Å²) in [5.74, 6) is 0.181. The standard InChI is InChI=1S/C17H23N3O2S2/c1-17(2,3)19-16-18-13(11-23-16)14-5-4-12(24-14)10-15(21)20-6-8-22-9-7-20/h4-5,11H,6-10H2,1-3H3,(H,18,19). The molecule has 1 aliphatic rings. The summed E-state index contributed by atoms with van der Waals surface area (Å²) in [6.45, 7) is 9.04. The molecule has 24 heavy (non-hydrogen) atoms. The second-order valence-corrected chi connectivity index (χ2v) is 8.88. The van der Waals surface area contributed by atoms with Gasteiger partial charge in [-0.05, 0) is 32.9 Å². The van der Waals surface area contributed by atoms with Gasteiger partial charge < -0.3 is 15.0 Å². The second kappa shape index (κ2) is 7.21. The molecule has 1 saturated heterocycles. The van der Waals surface area contributed by atoms with E-state index >= 15 is 0 Å². The van der Waals surface area contributed by atoms with Gasteiger partial charge in [0.25, 0.3) is 0 Å². The van der Waals surface area contributed by atoms with E-state index in [2.05, 4.69) is 42.5 Å². The van der Waals surface area contributed by atoms with Crippen molar-refractivity contribution < 1.29 is 9.53 Å². The molecule has 7 heteroatoms. The first kappa shape index (κ1) is 17.4. The summed E-state index contributed by atoms with van der Waals surface area (Å²) >= 11 is 3.26. The van der Waals surface area contributed by atoms with Crippen LogP contribution in [0.3, 0.4) is 0 Å². The number of anilines is 1. The number of hydrogen-bond acceptors (Lipinski definition) is 6. The smallest absolute Gasteiger partial charge is 0.227 e. The van der Waals surface area contributed by atoms with Crippen molar-refractivity contribution in [2.24, 2.45) is 0 Å². The fourth-order valence-electron chi connectivity index (χ4n) is 2.45. The summed E-state index contributed by atoms with van der Waals surface area (Å²) < 4.78 is 5.29. The average Bonchev–Trinajstić information content (AvgIpc) is 3.16. The van der Waals surface area contributed by atoms with Gasteiger partial charge in [0, 0.05) is 28.9 Å². The van der Waals surface area contributed by atoms with Crippen LogP contribution in [0, 0.1) is 0 Å². The van der Waals surface area contributed by atoms with Crippen LogP contribution >= 0.6 is 22.7 Å². The van der Waals surface area contributed by atoms with E-state index in [-0.39, 0.29) is 11.4 Å². The molecule has 1 fully saturated rings. The normalized spacial score (nSPS) is 15.5. The Morgan fingerprint density at radius 2 is 2.08 bits per heavy atom. The number of hydrogen-bond donors (Lipinski definition) is 1. The Morgan fingerprint density at radius 1 is 1.33 bits per heavy atom. The zero-order valence-electron chi connectivity index (χ0n) is 14.3. The van der Waals surface area contributed by atoms with Crippen molar-refractivity contribution in [2.45, 2.75) is 32.7 Å². The number of rotatable bonds is 4. The van der Waals surface area contributed by atoms with Crippen LogP contribution in [-0.2, 0) is 16.0 Å². The molecule has 0 saturated carbocycles. The minimum absolute atomic E-state index is 0.000307. The van der Waals surface area contributed by atoms with Crippen molar-refractivity contribution in [2.75, 3.05) is 31.6 Å². The summed E-state index contributed by atoms with van der Waals surface area (Å²) in [4.78, 5) is 21.1. The molecule has 0 radical (unpaired) electrons. The minimum atomic E-state index is 0.000307. The summed E-state index contributed by atoms with van der Waals surface area (Å²) in [7, 11) is 0. The molecule has 5 nitrogen and oxygen atoms in total. The lowest BCUT2D eigenvalue weighted by Crippen LogP contribution is -2.41. The molecule has 2 aromatic rings. The van der Waals surface area contributed by atoms with Crippen molar-refractivity contribution >= 4 is 33.7 Å². The van der Waals surface area contributed by atoms with E-state index in [9.17, 15) is 4.79 Å². The van der Waals surface area contributed by atoms with Crippen LogP contribution in [-0.4, -0.2) is 47.6 Å². The van der Waals surface area contributed by atoms with Crippen molar-refractivity contribution in [3.05, 3.63) is 22.4 Å². The van der Waals surface area contributed by atoms with Crippen molar-refractivity contribution in [1.29, 1.82) is 0 Å². The maximum atomic E-state index is 12.3. The molecule has 0 bridgehead atoms. The predicted octanol–water partition coefficient (Wildman–Crippen LogP) is 3.48. The lowest BCUT2D eigenvalue weighted by molar-refractivity contribution is -0.134. The fourth-order valence-corrected chi connectivity index (χ4v) is 4.40. The monoisotopic (exact) mass is 365 g/mol. The molecule has 1 aliphatic heterocycles. The Labute approximate surface area is 150 Å². The number of ether oxygens (including phenoxy) is 1. The Morgan fingerprint density at radius 3 is 2.79 bits per heavy atom. The summed E-state index contributed by atoms with van der Waals surface area (Å²) in [5, 5.41) is 6.38. The summed E-state index contributed by atoms with van der Waals surface area (Å²) in [5.41, 5.74) is 0.974. The highest BCUT2D eigenvalue weighted by Crippen LogP contribution is 2.32. The topological polar surface area (TPSA) is 54.5 Å². The molecule has 0 atom stereocenters. The lowest BCUT2D eigenvalue weighted by Gasteiger charge is -2.26. The number of carbonyl (C=O) groups is 1.